The van der Waals surface area contributed by atoms with Crippen molar-refractivity contribution in [1.29, 1.82) is 0 Å². The third-order valence-corrected chi connectivity index (χ3v) is 0.851. The maximum absolute atomic E-state index is 10.0. The lowest BCUT2D eigenvalue weighted by molar-refractivity contribution is -0.139. The van der Waals surface area contributed by atoms with E-state index in [0.29, 0.717) is 6.61 Å². The Bertz CT molecular complexity index is 118. The van der Waals surface area contributed by atoms with E-state index in [1.54, 1.807) is 0 Å². The van der Waals surface area contributed by atoms with E-state index in [0.717, 1.165) is 0 Å². The third-order valence-electron chi connectivity index (χ3n) is 0.851. The van der Waals surface area contributed by atoms with Crippen LogP contribution in [0.25, 0.3) is 0 Å². The van der Waals surface area contributed by atoms with Crippen LogP contribution in [0.4, 0.5) is 0 Å². The van der Waals surface area contributed by atoms with Crippen LogP contribution in [-0.2, 0) is 9.53 Å². The van der Waals surface area contributed by atoms with Crippen LogP contribution >= 0.6 is 0 Å². The van der Waals surface area contributed by atoms with Gasteiger partial charge in [0.05, 0.1) is 18.6 Å². The summed E-state index contributed by atoms with van der Waals surface area (Å²) in [5.41, 5.74) is 4.27. The Balaban J connectivity index is 0. The number of hydrogen-bond donors (Lipinski definition) is 2. The molecule has 0 fully saturated rings. The Morgan fingerprint density at radius 3 is 2.08 bits per heavy atom. The fourth-order valence-corrected chi connectivity index (χ4v) is 0.445. The molecule has 0 saturated carbocycles. The predicted octanol–water partition coefficient (Wildman–Crippen LogP) is 0.851. The molecule has 4 heteroatoms. The number of carboxylic acid groups (broad SMARTS) is 1. The van der Waals surface area contributed by atoms with Crippen molar-refractivity contribution in [2.75, 3.05) is 13.7 Å². The summed E-state index contributed by atoms with van der Waals surface area (Å²) in [6.45, 7) is 5.98. The summed E-state index contributed by atoms with van der Waals surface area (Å²) in [5.74, 6) is -0.816. The molecule has 0 aliphatic rings. The first-order valence-corrected chi connectivity index (χ1v) is 3.85. The van der Waals surface area contributed by atoms with Gasteiger partial charge in [0.15, 0.2) is 0 Å². The molecule has 0 amide bonds. The summed E-state index contributed by atoms with van der Waals surface area (Å²) < 4.78 is 5.16. The Kier molecular flexibility index (Phi) is 8.21. The first-order chi connectivity index (χ1) is 5.42. The van der Waals surface area contributed by atoms with E-state index in [1.165, 1.54) is 7.05 Å². The molecule has 0 aliphatic heterocycles. The normalized spacial score (nSPS) is 10.1. The van der Waals surface area contributed by atoms with Crippen LogP contribution in [0.5, 0.6) is 0 Å². The lowest BCUT2D eigenvalue weighted by Crippen LogP contribution is -2.20. The monoisotopic (exact) mass is 177 g/mol. The molecular weight excluding hydrogens is 158 g/mol. The highest BCUT2D eigenvalue weighted by atomic mass is 16.5. The van der Waals surface area contributed by atoms with E-state index in [4.69, 9.17) is 9.84 Å². The van der Waals surface area contributed by atoms with Crippen LogP contribution in [-0.4, -0.2) is 30.3 Å². The number of carboxylic acids is 1. The smallest absolute Gasteiger partial charge is 0.305 e. The molecule has 0 saturated heterocycles. The van der Waals surface area contributed by atoms with Crippen LogP contribution in [0, 0.1) is 0 Å². The molecule has 0 radical (unpaired) electrons. The summed E-state index contributed by atoms with van der Waals surface area (Å²) in [6, 6.07) is 0. The van der Waals surface area contributed by atoms with Gasteiger partial charge in [-0.2, -0.15) is 0 Å². The van der Waals surface area contributed by atoms with Gasteiger partial charge in [0.2, 0.25) is 0 Å². The highest BCUT2D eigenvalue weighted by molar-refractivity contribution is 5.66. The highest BCUT2D eigenvalue weighted by Gasteiger charge is 2.09. The number of nitrogens with two attached hydrogens (primary N) is 1. The van der Waals surface area contributed by atoms with Gasteiger partial charge < -0.3 is 15.6 Å². The molecule has 0 aliphatic carbocycles. The number of aliphatic carboxylic acids is 1. The topological polar surface area (TPSA) is 72.5 Å². The van der Waals surface area contributed by atoms with Crippen molar-refractivity contribution in [2.24, 2.45) is 5.73 Å². The molecule has 74 valence electrons. The molecule has 0 heterocycles. The van der Waals surface area contributed by atoms with Gasteiger partial charge in [0.25, 0.3) is 0 Å². The van der Waals surface area contributed by atoms with E-state index < -0.39 is 5.97 Å². The lowest BCUT2D eigenvalue weighted by atomic mass is 10.2. The van der Waals surface area contributed by atoms with Crippen molar-refractivity contribution in [2.45, 2.75) is 32.8 Å². The van der Waals surface area contributed by atoms with Gasteiger partial charge >= 0.3 is 5.97 Å². The minimum absolute atomic E-state index is 0.0806. The maximum Gasteiger partial charge on any atom is 0.305 e. The van der Waals surface area contributed by atoms with E-state index in [-0.39, 0.29) is 12.0 Å². The Morgan fingerprint density at radius 2 is 1.83 bits per heavy atom. The van der Waals surface area contributed by atoms with Gasteiger partial charge in [-0.1, -0.05) is 0 Å². The van der Waals surface area contributed by atoms with E-state index in [1.807, 2.05) is 20.8 Å². The molecule has 0 bridgehead atoms. The Morgan fingerprint density at radius 1 is 1.42 bits per heavy atom. The van der Waals surface area contributed by atoms with E-state index in [9.17, 15) is 4.79 Å². The number of rotatable bonds is 3. The zero-order valence-corrected chi connectivity index (χ0v) is 8.26. The average molecular weight is 177 g/mol. The van der Waals surface area contributed by atoms with Crippen molar-refractivity contribution in [3.05, 3.63) is 0 Å². The molecule has 0 aromatic heterocycles. The Labute approximate surface area is 73.7 Å². The zero-order valence-electron chi connectivity index (χ0n) is 8.26. The van der Waals surface area contributed by atoms with E-state index in [2.05, 4.69) is 5.73 Å². The van der Waals surface area contributed by atoms with Gasteiger partial charge in [0.1, 0.15) is 0 Å². The summed E-state index contributed by atoms with van der Waals surface area (Å²) in [6.07, 6.45) is 0.0806. The minimum atomic E-state index is -0.816. The molecule has 0 spiro atoms. The quantitative estimate of drug-likeness (QED) is 0.670. The number of ether oxygens (including phenoxy) is 1. The van der Waals surface area contributed by atoms with Gasteiger partial charge in [-0.3, -0.25) is 4.79 Å². The molecule has 0 aromatic carbocycles. The minimum Gasteiger partial charge on any atom is -0.481 e. The molecule has 0 atom stereocenters. The molecule has 3 N–H and O–H groups in total. The van der Waals surface area contributed by atoms with Gasteiger partial charge in [-0.05, 0) is 27.8 Å². The maximum atomic E-state index is 10.0. The summed E-state index contributed by atoms with van der Waals surface area (Å²) >= 11 is 0. The average Bonchev–Trinajstić information content (AvgIpc) is 1.88. The standard InChI is InChI=1S/C7H14O3.CH5N/c1-7(2,3)10-5-4-6(8)9;1-2/h4-5H2,1-3H3,(H,8,9);2H2,1H3. The molecule has 0 rings (SSSR count). The summed E-state index contributed by atoms with van der Waals surface area (Å²) in [5, 5.41) is 8.23. The van der Waals surface area contributed by atoms with Crippen LogP contribution in [0.15, 0.2) is 0 Å². The highest BCUT2D eigenvalue weighted by Crippen LogP contribution is 2.06. The molecule has 0 aromatic rings. The molecule has 4 nitrogen and oxygen atoms in total. The lowest BCUT2D eigenvalue weighted by Gasteiger charge is -2.18. The second-order valence-corrected chi connectivity index (χ2v) is 3.10. The second-order valence-electron chi connectivity index (χ2n) is 3.10. The SMILES string of the molecule is CC(C)(C)OCCC(=O)O.CN. The molecular formula is C8H19NO3. The summed E-state index contributed by atoms with van der Waals surface area (Å²) in [7, 11) is 1.50. The van der Waals surface area contributed by atoms with E-state index >= 15 is 0 Å². The molecule has 0 unspecified atom stereocenters. The second kappa shape index (κ2) is 7.06. The number of hydrogen-bond acceptors (Lipinski definition) is 3. The van der Waals surface area contributed by atoms with Gasteiger partial charge in [0, 0.05) is 0 Å². The largest absolute Gasteiger partial charge is 0.481 e. The fraction of sp³-hybridized carbons (Fsp3) is 0.875. The van der Waals surface area contributed by atoms with Crippen molar-refractivity contribution in [3.63, 3.8) is 0 Å². The van der Waals surface area contributed by atoms with Crippen molar-refractivity contribution in [1.82, 2.24) is 0 Å². The van der Waals surface area contributed by atoms with Gasteiger partial charge in [-0.15, -0.1) is 0 Å². The zero-order chi connectivity index (χ0) is 10.2. The first-order valence-electron chi connectivity index (χ1n) is 3.85. The Hall–Kier alpha value is -0.610. The summed E-state index contributed by atoms with van der Waals surface area (Å²) in [4.78, 5) is 10.0. The third kappa shape index (κ3) is 16.2. The first kappa shape index (κ1) is 13.9. The fourth-order valence-electron chi connectivity index (χ4n) is 0.445. The van der Waals surface area contributed by atoms with Crippen LogP contribution in [0.2, 0.25) is 0 Å². The van der Waals surface area contributed by atoms with Crippen LogP contribution in [0.1, 0.15) is 27.2 Å². The van der Waals surface area contributed by atoms with Crippen molar-refractivity contribution >= 4 is 5.97 Å². The van der Waals surface area contributed by atoms with Gasteiger partial charge in [-0.25, -0.2) is 0 Å². The van der Waals surface area contributed by atoms with Crippen LogP contribution in [0.3, 0.4) is 0 Å². The predicted molar refractivity (Wildman–Crippen MR) is 48.1 cm³/mol. The molecule has 12 heavy (non-hydrogen) atoms. The van der Waals surface area contributed by atoms with Crippen molar-refractivity contribution in [3.8, 4) is 0 Å². The number of carbonyl (C=O) groups is 1. The van der Waals surface area contributed by atoms with Crippen molar-refractivity contribution < 1.29 is 14.6 Å². The van der Waals surface area contributed by atoms with Crippen LogP contribution < -0.4 is 5.73 Å².